The number of pyridine rings is 1. The third kappa shape index (κ3) is 3.96. The van der Waals surface area contributed by atoms with Crippen molar-refractivity contribution in [3.63, 3.8) is 0 Å². The van der Waals surface area contributed by atoms with E-state index >= 15 is 0 Å². The Morgan fingerprint density at radius 3 is 2.71 bits per heavy atom. The summed E-state index contributed by atoms with van der Waals surface area (Å²) >= 11 is 0. The Kier molecular flexibility index (Phi) is 4.60. The Balaban J connectivity index is 1.69. The third-order valence-corrected chi connectivity index (χ3v) is 4.14. The first-order valence-electron chi connectivity index (χ1n) is 8.49. The van der Waals surface area contributed by atoms with Crippen molar-refractivity contribution in [1.29, 1.82) is 0 Å². The van der Waals surface area contributed by atoms with Gasteiger partial charge < -0.3 is 14.5 Å². The molecule has 1 aliphatic rings. The average Bonchev–Trinajstić information content (AvgIpc) is 2.79. The fourth-order valence-electron chi connectivity index (χ4n) is 2.95. The number of fused-ring (bicyclic) bond motifs is 1. The normalized spacial score (nSPS) is 16.1. The van der Waals surface area contributed by atoms with Gasteiger partial charge >= 0.3 is 6.09 Å². The standard InChI is InChI=1S/C19H25N3O2/c1-19(2,3)24-18(23)22-10-4-9-21(11-12-22)17-6-5-15-7-8-20-14-16(15)13-17/h5-8,13-14H,4,9-12H2,1-3H3. The summed E-state index contributed by atoms with van der Waals surface area (Å²) in [7, 11) is 0. The first-order valence-corrected chi connectivity index (χ1v) is 8.49. The molecule has 0 spiro atoms. The molecule has 1 aromatic carbocycles. The maximum atomic E-state index is 12.3. The molecule has 0 aliphatic carbocycles. The molecule has 1 saturated heterocycles. The lowest BCUT2D eigenvalue weighted by Gasteiger charge is -2.27. The van der Waals surface area contributed by atoms with Gasteiger partial charge in [-0.3, -0.25) is 4.98 Å². The molecule has 2 heterocycles. The zero-order chi connectivity index (χ0) is 17.2. The zero-order valence-electron chi connectivity index (χ0n) is 14.7. The summed E-state index contributed by atoms with van der Waals surface area (Å²) in [5, 5.41) is 2.34. The van der Waals surface area contributed by atoms with Gasteiger partial charge in [0, 0.05) is 49.6 Å². The van der Waals surface area contributed by atoms with Gasteiger partial charge in [-0.15, -0.1) is 0 Å². The minimum absolute atomic E-state index is 0.216. The van der Waals surface area contributed by atoms with Crippen molar-refractivity contribution >= 4 is 22.6 Å². The van der Waals surface area contributed by atoms with E-state index in [2.05, 4.69) is 28.1 Å². The third-order valence-electron chi connectivity index (χ3n) is 4.14. The van der Waals surface area contributed by atoms with Crippen molar-refractivity contribution in [2.45, 2.75) is 32.8 Å². The molecule has 0 saturated carbocycles. The van der Waals surface area contributed by atoms with Crippen LogP contribution in [0.2, 0.25) is 0 Å². The first kappa shape index (κ1) is 16.6. The van der Waals surface area contributed by atoms with Crippen LogP contribution in [-0.4, -0.2) is 47.8 Å². The van der Waals surface area contributed by atoms with Crippen LogP contribution in [0.4, 0.5) is 10.5 Å². The highest BCUT2D eigenvalue weighted by Gasteiger charge is 2.24. The van der Waals surface area contributed by atoms with Crippen LogP contribution in [-0.2, 0) is 4.74 Å². The van der Waals surface area contributed by atoms with Gasteiger partial charge in [0.1, 0.15) is 5.60 Å². The zero-order valence-corrected chi connectivity index (χ0v) is 14.7. The molecule has 1 aromatic heterocycles. The molecular weight excluding hydrogens is 302 g/mol. The first-order chi connectivity index (χ1) is 11.4. The molecule has 1 aliphatic heterocycles. The molecule has 0 atom stereocenters. The van der Waals surface area contributed by atoms with E-state index in [1.54, 1.807) is 0 Å². The monoisotopic (exact) mass is 327 g/mol. The van der Waals surface area contributed by atoms with Crippen LogP contribution >= 0.6 is 0 Å². The Morgan fingerprint density at radius 2 is 1.92 bits per heavy atom. The lowest BCUT2D eigenvalue weighted by Crippen LogP contribution is -2.39. The molecule has 5 heteroatoms. The molecule has 1 fully saturated rings. The van der Waals surface area contributed by atoms with Crippen molar-refractivity contribution in [3.05, 3.63) is 36.7 Å². The topological polar surface area (TPSA) is 45.7 Å². The summed E-state index contributed by atoms with van der Waals surface area (Å²) in [5.41, 5.74) is 0.732. The fourth-order valence-corrected chi connectivity index (χ4v) is 2.95. The number of ether oxygens (including phenoxy) is 1. The minimum Gasteiger partial charge on any atom is -0.444 e. The molecule has 0 N–H and O–H groups in total. The quantitative estimate of drug-likeness (QED) is 0.801. The van der Waals surface area contributed by atoms with Gasteiger partial charge in [-0.2, -0.15) is 0 Å². The van der Waals surface area contributed by atoms with E-state index in [1.165, 1.54) is 11.1 Å². The summed E-state index contributed by atoms with van der Waals surface area (Å²) < 4.78 is 5.49. The average molecular weight is 327 g/mol. The fraction of sp³-hybridized carbons (Fsp3) is 0.474. The SMILES string of the molecule is CC(C)(C)OC(=O)N1CCCN(c2ccc3ccncc3c2)CC1. The highest BCUT2D eigenvalue weighted by molar-refractivity contribution is 5.85. The summed E-state index contributed by atoms with van der Waals surface area (Å²) in [6, 6.07) is 8.46. The van der Waals surface area contributed by atoms with Gasteiger partial charge in [0.15, 0.2) is 0 Å². The Morgan fingerprint density at radius 1 is 1.08 bits per heavy atom. The molecular formula is C19H25N3O2. The van der Waals surface area contributed by atoms with Crippen LogP contribution in [0.25, 0.3) is 10.8 Å². The van der Waals surface area contributed by atoms with Crippen molar-refractivity contribution < 1.29 is 9.53 Å². The van der Waals surface area contributed by atoms with E-state index < -0.39 is 5.60 Å². The number of anilines is 1. The van der Waals surface area contributed by atoms with Crippen LogP contribution in [0.3, 0.4) is 0 Å². The Hall–Kier alpha value is -2.30. The Labute approximate surface area is 143 Å². The van der Waals surface area contributed by atoms with E-state index in [0.29, 0.717) is 6.54 Å². The van der Waals surface area contributed by atoms with Crippen LogP contribution in [0.1, 0.15) is 27.2 Å². The predicted octanol–water partition coefficient (Wildman–Crippen LogP) is 3.68. The summed E-state index contributed by atoms with van der Waals surface area (Å²) in [5.74, 6) is 0. The van der Waals surface area contributed by atoms with Gasteiger partial charge in [-0.05, 0) is 50.8 Å². The maximum Gasteiger partial charge on any atom is 0.410 e. The van der Waals surface area contributed by atoms with E-state index in [0.717, 1.165) is 31.4 Å². The molecule has 5 nitrogen and oxygen atoms in total. The Bertz CT molecular complexity index is 724. The minimum atomic E-state index is -0.450. The molecule has 3 rings (SSSR count). The van der Waals surface area contributed by atoms with Crippen LogP contribution < -0.4 is 4.90 Å². The van der Waals surface area contributed by atoms with Crippen LogP contribution in [0.5, 0.6) is 0 Å². The van der Waals surface area contributed by atoms with Gasteiger partial charge in [-0.25, -0.2) is 4.79 Å². The number of hydrogen-bond donors (Lipinski definition) is 0. The van der Waals surface area contributed by atoms with E-state index in [1.807, 2.05) is 44.1 Å². The number of hydrogen-bond acceptors (Lipinski definition) is 4. The predicted molar refractivity (Wildman–Crippen MR) is 96.4 cm³/mol. The number of aromatic nitrogens is 1. The molecule has 2 aromatic rings. The van der Waals surface area contributed by atoms with Gasteiger partial charge in [-0.1, -0.05) is 6.07 Å². The highest BCUT2D eigenvalue weighted by atomic mass is 16.6. The number of amides is 1. The number of rotatable bonds is 1. The van der Waals surface area contributed by atoms with E-state index in [9.17, 15) is 4.79 Å². The van der Waals surface area contributed by atoms with Crippen molar-refractivity contribution in [3.8, 4) is 0 Å². The second kappa shape index (κ2) is 6.67. The maximum absolute atomic E-state index is 12.3. The second-order valence-corrected chi connectivity index (χ2v) is 7.22. The summed E-state index contributed by atoms with van der Waals surface area (Å²) in [4.78, 5) is 20.6. The van der Waals surface area contributed by atoms with Crippen LogP contribution in [0.15, 0.2) is 36.7 Å². The molecule has 0 bridgehead atoms. The van der Waals surface area contributed by atoms with E-state index in [-0.39, 0.29) is 6.09 Å². The number of carbonyl (C=O) groups is 1. The molecule has 0 unspecified atom stereocenters. The summed E-state index contributed by atoms with van der Waals surface area (Å²) in [6.07, 6.45) is 4.42. The van der Waals surface area contributed by atoms with Gasteiger partial charge in [0.25, 0.3) is 0 Å². The number of carbonyl (C=O) groups excluding carboxylic acids is 1. The largest absolute Gasteiger partial charge is 0.444 e. The molecule has 128 valence electrons. The summed E-state index contributed by atoms with van der Waals surface area (Å²) in [6.45, 7) is 8.87. The van der Waals surface area contributed by atoms with Crippen molar-refractivity contribution in [1.82, 2.24) is 9.88 Å². The molecule has 24 heavy (non-hydrogen) atoms. The highest BCUT2D eigenvalue weighted by Crippen LogP contribution is 2.23. The lowest BCUT2D eigenvalue weighted by atomic mass is 10.1. The number of nitrogens with zero attached hydrogens (tertiary/aromatic N) is 3. The van der Waals surface area contributed by atoms with Gasteiger partial charge in [0.2, 0.25) is 0 Å². The second-order valence-electron chi connectivity index (χ2n) is 7.22. The van der Waals surface area contributed by atoms with Crippen molar-refractivity contribution in [2.75, 3.05) is 31.1 Å². The lowest BCUT2D eigenvalue weighted by molar-refractivity contribution is 0.0263. The van der Waals surface area contributed by atoms with Crippen molar-refractivity contribution in [2.24, 2.45) is 0 Å². The van der Waals surface area contributed by atoms with Gasteiger partial charge in [0.05, 0.1) is 0 Å². The van der Waals surface area contributed by atoms with E-state index in [4.69, 9.17) is 4.74 Å². The van der Waals surface area contributed by atoms with Crippen LogP contribution in [0, 0.1) is 0 Å². The number of benzene rings is 1. The molecule has 0 radical (unpaired) electrons. The molecule has 1 amide bonds. The smallest absolute Gasteiger partial charge is 0.410 e.